The molecule has 8 heteroatoms. The Morgan fingerprint density at radius 3 is 2.48 bits per heavy atom. The van der Waals surface area contributed by atoms with Gasteiger partial charge < -0.3 is 10.8 Å². The average molecular weight is 386 g/mol. The zero-order chi connectivity index (χ0) is 19.6. The first-order valence-electron chi connectivity index (χ1n) is 8.67. The first-order chi connectivity index (χ1) is 12.6. The molecule has 1 aliphatic rings. The van der Waals surface area contributed by atoms with Crippen LogP contribution >= 0.6 is 0 Å². The summed E-state index contributed by atoms with van der Waals surface area (Å²) in [7, 11) is -3.60. The summed E-state index contributed by atoms with van der Waals surface area (Å²) in [4.78, 5) is 0.237. The standard InChI is InChI=1S/C19H22N4O3S/c1-11-8-13(27(25,26)23-9-19(3,24)10-23)4-5-14(11)15-6-7-16-17(12(15)2)18(20)22-21-16/h4-8,24H,9-10H2,1-3H3,(H3,20,21,22). The molecule has 4 N–H and O–H groups in total. The minimum Gasteiger partial charge on any atom is -0.387 e. The van der Waals surface area contributed by atoms with Crippen molar-refractivity contribution in [3.05, 3.63) is 41.5 Å². The van der Waals surface area contributed by atoms with Crippen LogP contribution in [-0.2, 0) is 10.0 Å². The molecule has 1 aliphatic heterocycles. The van der Waals surface area contributed by atoms with Crippen LogP contribution in [0.3, 0.4) is 0 Å². The second kappa shape index (κ2) is 5.79. The van der Waals surface area contributed by atoms with E-state index in [-0.39, 0.29) is 18.0 Å². The number of benzene rings is 2. The largest absolute Gasteiger partial charge is 0.387 e. The lowest BCUT2D eigenvalue weighted by Crippen LogP contribution is -2.61. The van der Waals surface area contributed by atoms with Crippen LogP contribution in [0.15, 0.2) is 35.2 Å². The van der Waals surface area contributed by atoms with Crippen LogP contribution in [0.25, 0.3) is 22.0 Å². The number of aromatic nitrogens is 2. The number of hydrogen-bond donors (Lipinski definition) is 3. The number of H-pyrrole nitrogens is 1. The van der Waals surface area contributed by atoms with Gasteiger partial charge in [-0.3, -0.25) is 5.10 Å². The lowest BCUT2D eigenvalue weighted by molar-refractivity contribution is -0.0426. The van der Waals surface area contributed by atoms with E-state index in [1.54, 1.807) is 19.1 Å². The van der Waals surface area contributed by atoms with Gasteiger partial charge >= 0.3 is 0 Å². The minimum atomic E-state index is -3.60. The van der Waals surface area contributed by atoms with Crippen LogP contribution in [0.4, 0.5) is 5.82 Å². The van der Waals surface area contributed by atoms with E-state index >= 15 is 0 Å². The molecular formula is C19H22N4O3S. The van der Waals surface area contributed by atoms with Gasteiger partial charge in [-0.05, 0) is 61.2 Å². The van der Waals surface area contributed by atoms with Gasteiger partial charge in [-0.15, -0.1) is 0 Å². The van der Waals surface area contributed by atoms with E-state index in [0.717, 1.165) is 33.2 Å². The Bertz CT molecular complexity index is 1160. The summed E-state index contributed by atoms with van der Waals surface area (Å²) in [6.45, 7) is 5.74. The number of β-amino-alcohol motifs (C(OH)–C–C–N with tert-alkyl or cyclic N) is 1. The molecule has 0 bridgehead atoms. The maximum atomic E-state index is 12.7. The Kier molecular flexibility index (Phi) is 3.85. The molecule has 2 heterocycles. The molecule has 0 saturated carbocycles. The third kappa shape index (κ3) is 2.80. The number of hydrogen-bond acceptors (Lipinski definition) is 5. The predicted molar refractivity (Wildman–Crippen MR) is 105 cm³/mol. The second-order valence-corrected chi connectivity index (χ2v) is 9.45. The first kappa shape index (κ1) is 18.0. The van der Waals surface area contributed by atoms with Crippen molar-refractivity contribution in [1.29, 1.82) is 0 Å². The number of aryl methyl sites for hydroxylation is 2. The van der Waals surface area contributed by atoms with E-state index in [2.05, 4.69) is 10.2 Å². The smallest absolute Gasteiger partial charge is 0.243 e. The van der Waals surface area contributed by atoms with E-state index in [9.17, 15) is 13.5 Å². The zero-order valence-corrected chi connectivity index (χ0v) is 16.3. The molecule has 4 rings (SSSR count). The average Bonchev–Trinajstić information content (AvgIpc) is 2.95. The van der Waals surface area contributed by atoms with E-state index in [4.69, 9.17) is 5.73 Å². The predicted octanol–water partition coefficient (Wildman–Crippen LogP) is 2.18. The molecule has 3 aromatic rings. The number of anilines is 1. The highest BCUT2D eigenvalue weighted by Crippen LogP contribution is 2.35. The van der Waals surface area contributed by atoms with E-state index < -0.39 is 15.6 Å². The fourth-order valence-corrected chi connectivity index (χ4v) is 5.49. The highest BCUT2D eigenvalue weighted by molar-refractivity contribution is 7.89. The van der Waals surface area contributed by atoms with Gasteiger partial charge in [-0.25, -0.2) is 8.42 Å². The van der Waals surface area contributed by atoms with Crippen molar-refractivity contribution in [2.45, 2.75) is 31.3 Å². The molecule has 1 saturated heterocycles. The van der Waals surface area contributed by atoms with Crippen molar-refractivity contribution in [3.63, 3.8) is 0 Å². The molecule has 0 radical (unpaired) electrons. The summed E-state index contributed by atoms with van der Waals surface area (Å²) in [6.07, 6.45) is 0. The van der Waals surface area contributed by atoms with Crippen molar-refractivity contribution in [2.24, 2.45) is 0 Å². The summed E-state index contributed by atoms with van der Waals surface area (Å²) < 4.78 is 26.8. The molecule has 0 aliphatic carbocycles. The minimum absolute atomic E-state index is 0.117. The van der Waals surface area contributed by atoms with Crippen molar-refractivity contribution < 1.29 is 13.5 Å². The van der Waals surface area contributed by atoms with Crippen molar-refractivity contribution in [3.8, 4) is 11.1 Å². The molecule has 0 amide bonds. The maximum Gasteiger partial charge on any atom is 0.243 e. The van der Waals surface area contributed by atoms with Gasteiger partial charge in [0.25, 0.3) is 0 Å². The number of aromatic amines is 1. The van der Waals surface area contributed by atoms with Gasteiger partial charge in [-0.2, -0.15) is 9.40 Å². The van der Waals surface area contributed by atoms with Gasteiger partial charge in [0, 0.05) is 18.5 Å². The molecule has 0 spiro atoms. The molecule has 142 valence electrons. The fourth-order valence-electron chi connectivity index (χ4n) is 3.73. The Morgan fingerprint density at radius 1 is 1.19 bits per heavy atom. The summed E-state index contributed by atoms with van der Waals surface area (Å²) >= 11 is 0. The zero-order valence-electron chi connectivity index (χ0n) is 15.4. The van der Waals surface area contributed by atoms with Gasteiger partial charge in [0.2, 0.25) is 10.0 Å². The molecule has 0 unspecified atom stereocenters. The molecule has 1 fully saturated rings. The monoisotopic (exact) mass is 386 g/mol. The van der Waals surface area contributed by atoms with Crippen LogP contribution in [0.1, 0.15) is 18.1 Å². The number of sulfonamides is 1. The van der Waals surface area contributed by atoms with Crippen molar-refractivity contribution in [1.82, 2.24) is 14.5 Å². The SMILES string of the molecule is Cc1cc(S(=O)(=O)N2CC(C)(O)C2)ccc1-c1ccc2[nH]nc(N)c2c1C. The number of nitrogens with two attached hydrogens (primary N) is 1. The number of nitrogen functional groups attached to an aromatic ring is 1. The van der Waals surface area contributed by atoms with Gasteiger partial charge in [0.1, 0.15) is 0 Å². The topological polar surface area (TPSA) is 112 Å². The molecule has 0 atom stereocenters. The normalized spacial score (nSPS) is 17.2. The van der Waals surface area contributed by atoms with E-state index in [1.807, 2.05) is 32.0 Å². The van der Waals surface area contributed by atoms with Crippen LogP contribution in [0.5, 0.6) is 0 Å². The van der Waals surface area contributed by atoms with Gasteiger partial charge in [0.05, 0.1) is 16.0 Å². The maximum absolute atomic E-state index is 12.7. The number of aliphatic hydroxyl groups is 1. The molecule has 7 nitrogen and oxygen atoms in total. The third-order valence-corrected chi connectivity index (χ3v) is 6.97. The lowest BCUT2D eigenvalue weighted by atomic mass is 9.94. The fraction of sp³-hybridized carbons (Fsp3) is 0.316. The van der Waals surface area contributed by atoms with Crippen LogP contribution in [0, 0.1) is 13.8 Å². The summed E-state index contributed by atoms with van der Waals surface area (Å²) in [5.41, 5.74) is 9.69. The highest BCUT2D eigenvalue weighted by atomic mass is 32.2. The Balaban J connectivity index is 1.75. The number of rotatable bonds is 3. The molecule has 27 heavy (non-hydrogen) atoms. The second-order valence-electron chi connectivity index (χ2n) is 7.52. The molecule has 2 aromatic carbocycles. The summed E-state index contributed by atoms with van der Waals surface area (Å²) in [6, 6.07) is 9.03. The third-order valence-electron chi connectivity index (χ3n) is 5.18. The van der Waals surface area contributed by atoms with Crippen LogP contribution < -0.4 is 5.73 Å². The summed E-state index contributed by atoms with van der Waals surface area (Å²) in [5.74, 6) is 0.450. The number of fused-ring (bicyclic) bond motifs is 1. The molecular weight excluding hydrogens is 364 g/mol. The number of nitrogens with one attached hydrogen (secondary N) is 1. The van der Waals surface area contributed by atoms with Gasteiger partial charge in [0.15, 0.2) is 5.82 Å². The molecule has 1 aromatic heterocycles. The van der Waals surface area contributed by atoms with Crippen LogP contribution in [-0.4, -0.2) is 46.7 Å². The van der Waals surface area contributed by atoms with E-state index in [1.165, 1.54) is 4.31 Å². The van der Waals surface area contributed by atoms with Crippen LogP contribution in [0.2, 0.25) is 0 Å². The first-order valence-corrected chi connectivity index (χ1v) is 10.1. The quantitative estimate of drug-likeness (QED) is 0.639. The van der Waals surface area contributed by atoms with E-state index in [0.29, 0.717) is 5.82 Å². The number of nitrogens with zero attached hydrogens (tertiary/aromatic N) is 2. The van der Waals surface area contributed by atoms with Crippen molar-refractivity contribution >= 4 is 26.7 Å². The van der Waals surface area contributed by atoms with Gasteiger partial charge in [-0.1, -0.05) is 12.1 Å². The summed E-state index contributed by atoms with van der Waals surface area (Å²) in [5, 5.41) is 17.7. The Labute approximate surface area is 157 Å². The Hall–Kier alpha value is -2.42. The Morgan fingerprint density at radius 2 is 1.85 bits per heavy atom. The lowest BCUT2D eigenvalue weighted by Gasteiger charge is -2.42. The highest BCUT2D eigenvalue weighted by Gasteiger charge is 2.43. The van der Waals surface area contributed by atoms with Crippen molar-refractivity contribution in [2.75, 3.05) is 18.8 Å².